The summed E-state index contributed by atoms with van der Waals surface area (Å²) in [4.78, 5) is 14.4. The summed E-state index contributed by atoms with van der Waals surface area (Å²) in [5.74, 6) is -0.457. The molecule has 0 saturated carbocycles. The van der Waals surface area contributed by atoms with Gasteiger partial charge in [-0.2, -0.15) is 5.10 Å². The van der Waals surface area contributed by atoms with Crippen molar-refractivity contribution in [3.8, 4) is 0 Å². The first-order valence-corrected chi connectivity index (χ1v) is 3.77. The predicted molar refractivity (Wildman–Crippen MR) is 44.3 cm³/mol. The number of rotatable bonds is 2. The number of imidazole rings is 1. The zero-order chi connectivity index (χ0) is 9.26. The number of carboxylic acids is 1. The van der Waals surface area contributed by atoms with Gasteiger partial charge >= 0.3 is 5.97 Å². The molecule has 13 heavy (non-hydrogen) atoms. The highest BCUT2D eigenvalue weighted by Gasteiger charge is 2.07. The standard InChI is InChI=1S/C8H7N3O2/c12-8(13)4-7-9-5-6-2-1-3-10-11(6)7/h1-3,5H,4H2,(H,12,13). The molecule has 2 aromatic heterocycles. The molecule has 0 fully saturated rings. The fourth-order valence-corrected chi connectivity index (χ4v) is 1.15. The molecule has 5 nitrogen and oxygen atoms in total. The Morgan fingerprint density at radius 2 is 2.46 bits per heavy atom. The van der Waals surface area contributed by atoms with Gasteiger partial charge in [0.1, 0.15) is 12.2 Å². The maximum atomic E-state index is 10.4. The van der Waals surface area contributed by atoms with Gasteiger partial charge in [0, 0.05) is 6.20 Å². The van der Waals surface area contributed by atoms with Crippen molar-refractivity contribution in [1.82, 2.24) is 14.6 Å². The average Bonchev–Trinajstić information content (AvgIpc) is 2.48. The molecule has 2 heterocycles. The Balaban J connectivity index is 2.51. The molecule has 0 aliphatic carbocycles. The Morgan fingerprint density at radius 1 is 1.62 bits per heavy atom. The molecule has 2 aromatic rings. The number of aromatic nitrogens is 3. The van der Waals surface area contributed by atoms with Crippen LogP contribution in [-0.4, -0.2) is 25.7 Å². The van der Waals surface area contributed by atoms with Crippen LogP contribution in [0.15, 0.2) is 24.5 Å². The highest BCUT2D eigenvalue weighted by atomic mass is 16.4. The highest BCUT2D eigenvalue weighted by molar-refractivity contribution is 5.69. The van der Waals surface area contributed by atoms with Crippen LogP contribution in [0.3, 0.4) is 0 Å². The molecule has 0 amide bonds. The molecule has 0 radical (unpaired) electrons. The van der Waals surface area contributed by atoms with Crippen molar-refractivity contribution in [2.45, 2.75) is 6.42 Å². The van der Waals surface area contributed by atoms with E-state index >= 15 is 0 Å². The number of aliphatic carboxylic acids is 1. The van der Waals surface area contributed by atoms with E-state index < -0.39 is 5.97 Å². The van der Waals surface area contributed by atoms with Crippen LogP contribution in [-0.2, 0) is 11.2 Å². The lowest BCUT2D eigenvalue weighted by molar-refractivity contribution is -0.136. The predicted octanol–water partition coefficient (Wildman–Crippen LogP) is 0.356. The van der Waals surface area contributed by atoms with E-state index in [1.807, 2.05) is 6.07 Å². The third kappa shape index (κ3) is 1.35. The lowest BCUT2D eigenvalue weighted by Crippen LogP contribution is -2.06. The van der Waals surface area contributed by atoms with Gasteiger partial charge in [0.25, 0.3) is 0 Å². The Morgan fingerprint density at radius 3 is 3.23 bits per heavy atom. The van der Waals surface area contributed by atoms with Crippen LogP contribution in [0.1, 0.15) is 5.82 Å². The van der Waals surface area contributed by atoms with Crippen LogP contribution in [0.5, 0.6) is 0 Å². The van der Waals surface area contributed by atoms with E-state index in [4.69, 9.17) is 5.11 Å². The minimum absolute atomic E-state index is 0.106. The second-order valence-electron chi connectivity index (χ2n) is 2.61. The normalized spacial score (nSPS) is 10.5. The second kappa shape index (κ2) is 2.85. The van der Waals surface area contributed by atoms with Gasteiger partial charge < -0.3 is 5.11 Å². The maximum absolute atomic E-state index is 10.4. The van der Waals surface area contributed by atoms with Crippen LogP contribution < -0.4 is 0 Å². The lowest BCUT2D eigenvalue weighted by atomic mass is 10.4. The van der Waals surface area contributed by atoms with E-state index in [1.165, 1.54) is 4.52 Å². The third-order valence-corrected chi connectivity index (χ3v) is 1.68. The van der Waals surface area contributed by atoms with E-state index in [1.54, 1.807) is 18.5 Å². The Bertz CT molecular complexity index is 449. The number of hydrogen-bond donors (Lipinski definition) is 1. The summed E-state index contributed by atoms with van der Waals surface area (Å²) in [6, 6.07) is 3.60. The summed E-state index contributed by atoms with van der Waals surface area (Å²) in [6.07, 6.45) is 3.09. The van der Waals surface area contributed by atoms with Gasteiger partial charge in [0.15, 0.2) is 0 Å². The number of hydrogen-bond acceptors (Lipinski definition) is 3. The van der Waals surface area contributed by atoms with E-state index in [0.29, 0.717) is 5.82 Å². The molecular weight excluding hydrogens is 170 g/mol. The van der Waals surface area contributed by atoms with E-state index in [0.717, 1.165) is 5.52 Å². The number of nitrogens with zero attached hydrogens (tertiary/aromatic N) is 3. The Hall–Kier alpha value is -1.91. The van der Waals surface area contributed by atoms with Gasteiger partial charge in [-0.25, -0.2) is 9.50 Å². The van der Waals surface area contributed by atoms with Gasteiger partial charge in [-0.3, -0.25) is 4.79 Å². The zero-order valence-electron chi connectivity index (χ0n) is 6.71. The largest absolute Gasteiger partial charge is 0.481 e. The van der Waals surface area contributed by atoms with Gasteiger partial charge in [0.2, 0.25) is 0 Å². The van der Waals surface area contributed by atoms with Crippen molar-refractivity contribution < 1.29 is 9.90 Å². The summed E-state index contributed by atoms with van der Waals surface area (Å²) in [5.41, 5.74) is 0.804. The minimum atomic E-state index is -0.904. The molecule has 0 saturated heterocycles. The summed E-state index contributed by atoms with van der Waals surface area (Å²) in [7, 11) is 0. The Kier molecular flexibility index (Phi) is 1.70. The van der Waals surface area contributed by atoms with Crippen molar-refractivity contribution in [1.29, 1.82) is 0 Å². The fourth-order valence-electron chi connectivity index (χ4n) is 1.15. The molecule has 0 aliphatic rings. The third-order valence-electron chi connectivity index (χ3n) is 1.68. The maximum Gasteiger partial charge on any atom is 0.311 e. The zero-order valence-corrected chi connectivity index (χ0v) is 6.71. The van der Waals surface area contributed by atoms with E-state index in [-0.39, 0.29) is 6.42 Å². The topological polar surface area (TPSA) is 67.5 Å². The molecule has 0 bridgehead atoms. The molecule has 0 spiro atoms. The average molecular weight is 177 g/mol. The summed E-state index contributed by atoms with van der Waals surface area (Å²) in [5, 5.41) is 12.5. The number of carbonyl (C=O) groups is 1. The SMILES string of the molecule is O=C(O)Cc1ncc2cccnn12. The molecule has 0 atom stereocenters. The smallest absolute Gasteiger partial charge is 0.311 e. The van der Waals surface area contributed by atoms with Crippen molar-refractivity contribution >= 4 is 11.5 Å². The quantitative estimate of drug-likeness (QED) is 0.719. The van der Waals surface area contributed by atoms with Crippen molar-refractivity contribution in [3.05, 3.63) is 30.4 Å². The van der Waals surface area contributed by atoms with Crippen molar-refractivity contribution in [2.24, 2.45) is 0 Å². The van der Waals surface area contributed by atoms with Crippen LogP contribution in [0, 0.1) is 0 Å². The first-order valence-electron chi connectivity index (χ1n) is 3.77. The summed E-state index contributed by atoms with van der Waals surface area (Å²) < 4.78 is 1.52. The summed E-state index contributed by atoms with van der Waals surface area (Å²) in [6.45, 7) is 0. The van der Waals surface area contributed by atoms with Crippen LogP contribution >= 0.6 is 0 Å². The number of fused-ring (bicyclic) bond motifs is 1. The molecule has 5 heteroatoms. The van der Waals surface area contributed by atoms with Gasteiger partial charge in [0.05, 0.1) is 11.7 Å². The van der Waals surface area contributed by atoms with Gasteiger partial charge in [-0.05, 0) is 12.1 Å². The van der Waals surface area contributed by atoms with Gasteiger partial charge in [-0.1, -0.05) is 0 Å². The van der Waals surface area contributed by atoms with Gasteiger partial charge in [-0.15, -0.1) is 0 Å². The summed E-state index contributed by atoms with van der Waals surface area (Å²) >= 11 is 0. The molecular formula is C8H7N3O2. The molecule has 2 rings (SSSR count). The van der Waals surface area contributed by atoms with E-state index in [2.05, 4.69) is 10.1 Å². The highest BCUT2D eigenvalue weighted by Crippen LogP contribution is 2.03. The van der Waals surface area contributed by atoms with Crippen LogP contribution in [0.25, 0.3) is 5.52 Å². The lowest BCUT2D eigenvalue weighted by Gasteiger charge is -1.94. The minimum Gasteiger partial charge on any atom is -0.481 e. The first-order chi connectivity index (χ1) is 6.27. The fraction of sp³-hybridized carbons (Fsp3) is 0.125. The molecule has 0 aliphatic heterocycles. The van der Waals surface area contributed by atoms with E-state index in [9.17, 15) is 4.79 Å². The van der Waals surface area contributed by atoms with Crippen LogP contribution in [0.2, 0.25) is 0 Å². The second-order valence-corrected chi connectivity index (χ2v) is 2.61. The van der Waals surface area contributed by atoms with Crippen LogP contribution in [0.4, 0.5) is 0 Å². The molecule has 0 unspecified atom stereocenters. The van der Waals surface area contributed by atoms with Crippen molar-refractivity contribution in [2.75, 3.05) is 0 Å². The molecule has 1 N–H and O–H groups in total. The molecule has 0 aromatic carbocycles. The number of carboxylic acid groups (broad SMARTS) is 1. The monoisotopic (exact) mass is 177 g/mol. The molecule has 66 valence electrons. The Labute approximate surface area is 73.6 Å². The first kappa shape index (κ1) is 7.72. The van der Waals surface area contributed by atoms with Crippen molar-refractivity contribution in [3.63, 3.8) is 0 Å².